The highest BCUT2D eigenvalue weighted by Gasteiger charge is 2.65. The molecule has 0 spiro atoms. The monoisotopic (exact) mass is 294 g/mol. The van der Waals surface area contributed by atoms with Gasteiger partial charge in [-0.3, -0.25) is 4.79 Å². The van der Waals surface area contributed by atoms with Gasteiger partial charge in [0.05, 0.1) is 6.10 Å². The second-order valence-corrected chi connectivity index (χ2v) is 6.13. The van der Waals surface area contributed by atoms with Crippen molar-refractivity contribution in [2.24, 2.45) is 0 Å². The summed E-state index contributed by atoms with van der Waals surface area (Å²) in [6.07, 6.45) is -3.43. The van der Waals surface area contributed by atoms with Crippen LogP contribution in [0.4, 0.5) is 0 Å². The Kier molecular flexibility index (Phi) is 5.17. The molecular weight excluding hydrogens is 268 g/mol. The molecule has 0 aromatic carbocycles. The number of ketones is 1. The Morgan fingerprint density at radius 2 is 1.15 bits per heavy atom. The van der Waals surface area contributed by atoms with E-state index >= 15 is 0 Å². The summed E-state index contributed by atoms with van der Waals surface area (Å²) in [5.41, 5.74) is -9.61. The molecule has 120 valence electrons. The van der Waals surface area contributed by atoms with Crippen molar-refractivity contribution >= 4 is 5.78 Å². The van der Waals surface area contributed by atoms with Crippen LogP contribution in [0.1, 0.15) is 41.5 Å². The molecule has 0 radical (unpaired) electrons. The molecule has 0 saturated carbocycles. The van der Waals surface area contributed by atoms with Crippen molar-refractivity contribution < 1.29 is 35.4 Å². The summed E-state index contributed by atoms with van der Waals surface area (Å²) in [5, 5.41) is 60.7. The summed E-state index contributed by atoms with van der Waals surface area (Å²) in [6.45, 7) is 6.21. The van der Waals surface area contributed by atoms with E-state index in [2.05, 4.69) is 0 Å². The predicted molar refractivity (Wildman–Crippen MR) is 70.9 cm³/mol. The topological polar surface area (TPSA) is 138 Å². The third kappa shape index (κ3) is 2.61. The Morgan fingerprint density at radius 3 is 1.40 bits per heavy atom. The molecule has 6 N–H and O–H groups in total. The molecule has 0 fully saturated rings. The number of hydrogen-bond acceptors (Lipinski definition) is 7. The summed E-state index contributed by atoms with van der Waals surface area (Å²) in [7, 11) is 0. The molecule has 7 nitrogen and oxygen atoms in total. The quantitative estimate of drug-likeness (QED) is 0.344. The SMILES string of the molecule is CC(=O)C(O)[C@@](C)(O)[C@@](C)(O)[C@](C)(O)[C@](C)(O)C(C)O. The molecule has 0 heterocycles. The van der Waals surface area contributed by atoms with Crippen LogP contribution < -0.4 is 0 Å². The number of carbonyl (C=O) groups is 1. The molecular formula is C13H26O7. The third-order valence-electron chi connectivity index (χ3n) is 4.65. The average molecular weight is 294 g/mol. The van der Waals surface area contributed by atoms with Gasteiger partial charge < -0.3 is 30.6 Å². The van der Waals surface area contributed by atoms with Gasteiger partial charge in [0.1, 0.15) is 28.5 Å². The number of Topliss-reactive ketones (excluding diaryl/α,β-unsaturated/α-hetero) is 1. The fourth-order valence-corrected chi connectivity index (χ4v) is 2.05. The zero-order chi connectivity index (χ0) is 16.7. The number of rotatable bonds is 6. The van der Waals surface area contributed by atoms with Crippen LogP contribution >= 0.6 is 0 Å². The first kappa shape index (κ1) is 19.4. The van der Waals surface area contributed by atoms with Gasteiger partial charge in [-0.25, -0.2) is 0 Å². The Bertz CT molecular complexity index is 369. The number of hydrogen-bond donors (Lipinski definition) is 6. The lowest BCUT2D eigenvalue weighted by molar-refractivity contribution is -0.306. The van der Waals surface area contributed by atoms with E-state index in [-0.39, 0.29) is 0 Å². The van der Waals surface area contributed by atoms with Crippen LogP contribution in [0, 0.1) is 0 Å². The van der Waals surface area contributed by atoms with E-state index < -0.39 is 40.4 Å². The van der Waals surface area contributed by atoms with E-state index in [0.717, 1.165) is 34.6 Å². The zero-order valence-electron chi connectivity index (χ0n) is 12.7. The molecule has 20 heavy (non-hydrogen) atoms. The van der Waals surface area contributed by atoms with Crippen molar-refractivity contribution in [3.05, 3.63) is 0 Å². The Labute approximate surface area is 118 Å². The van der Waals surface area contributed by atoms with Crippen LogP contribution in [0.25, 0.3) is 0 Å². The molecule has 0 aliphatic carbocycles. The lowest BCUT2D eigenvalue weighted by atomic mass is 9.63. The largest absolute Gasteiger partial charge is 0.390 e. The van der Waals surface area contributed by atoms with Gasteiger partial charge in [-0.1, -0.05) is 0 Å². The van der Waals surface area contributed by atoms with Gasteiger partial charge >= 0.3 is 0 Å². The summed E-state index contributed by atoms with van der Waals surface area (Å²) in [5.74, 6) is -0.817. The molecule has 0 bridgehead atoms. The van der Waals surface area contributed by atoms with Crippen molar-refractivity contribution in [3.8, 4) is 0 Å². The molecule has 0 rings (SSSR count). The lowest BCUT2D eigenvalue weighted by Crippen LogP contribution is -2.76. The molecule has 0 saturated heterocycles. The molecule has 0 aromatic rings. The number of aliphatic hydroxyl groups is 6. The van der Waals surface area contributed by atoms with Gasteiger partial charge in [0.2, 0.25) is 0 Å². The summed E-state index contributed by atoms with van der Waals surface area (Å²) < 4.78 is 0. The van der Waals surface area contributed by atoms with Crippen LogP contribution in [0.3, 0.4) is 0 Å². The van der Waals surface area contributed by atoms with Gasteiger partial charge in [0.25, 0.3) is 0 Å². The highest BCUT2D eigenvalue weighted by Crippen LogP contribution is 2.42. The van der Waals surface area contributed by atoms with E-state index in [9.17, 15) is 35.4 Å². The van der Waals surface area contributed by atoms with Crippen LogP contribution in [0.2, 0.25) is 0 Å². The van der Waals surface area contributed by atoms with E-state index in [1.54, 1.807) is 0 Å². The Hall–Kier alpha value is -0.570. The lowest BCUT2D eigenvalue weighted by Gasteiger charge is -2.54. The van der Waals surface area contributed by atoms with Crippen LogP contribution in [0.5, 0.6) is 0 Å². The minimum Gasteiger partial charge on any atom is -0.390 e. The fraction of sp³-hybridized carbons (Fsp3) is 0.923. The van der Waals surface area contributed by atoms with Crippen LogP contribution in [0.15, 0.2) is 0 Å². The maximum absolute atomic E-state index is 11.2. The second-order valence-electron chi connectivity index (χ2n) is 6.13. The van der Waals surface area contributed by atoms with Gasteiger partial charge in [-0.15, -0.1) is 0 Å². The van der Waals surface area contributed by atoms with Crippen LogP contribution in [-0.4, -0.2) is 71.0 Å². The first-order valence-corrected chi connectivity index (χ1v) is 6.31. The van der Waals surface area contributed by atoms with Crippen molar-refractivity contribution in [1.82, 2.24) is 0 Å². The molecule has 6 atom stereocenters. The van der Waals surface area contributed by atoms with Gasteiger partial charge in [0.15, 0.2) is 5.78 Å². The smallest absolute Gasteiger partial charge is 0.161 e. The van der Waals surface area contributed by atoms with E-state index in [4.69, 9.17) is 0 Å². The first-order valence-electron chi connectivity index (χ1n) is 6.31. The Balaban J connectivity index is 5.90. The molecule has 0 amide bonds. The second kappa shape index (κ2) is 5.32. The van der Waals surface area contributed by atoms with E-state index in [0.29, 0.717) is 0 Å². The summed E-state index contributed by atoms with van der Waals surface area (Å²) in [4.78, 5) is 11.2. The van der Waals surface area contributed by atoms with E-state index in [1.165, 1.54) is 6.92 Å². The van der Waals surface area contributed by atoms with Crippen molar-refractivity contribution in [2.75, 3.05) is 0 Å². The normalized spacial score (nSPS) is 27.4. The van der Waals surface area contributed by atoms with Gasteiger partial charge in [0, 0.05) is 0 Å². The van der Waals surface area contributed by atoms with Crippen molar-refractivity contribution in [2.45, 2.75) is 76.2 Å². The number of carbonyl (C=O) groups excluding carboxylic acids is 1. The minimum absolute atomic E-state index is 0.817. The van der Waals surface area contributed by atoms with E-state index in [1.807, 2.05) is 0 Å². The highest BCUT2D eigenvalue weighted by molar-refractivity contribution is 5.81. The van der Waals surface area contributed by atoms with Crippen molar-refractivity contribution in [1.29, 1.82) is 0 Å². The molecule has 7 heteroatoms. The van der Waals surface area contributed by atoms with Gasteiger partial charge in [-0.2, -0.15) is 0 Å². The molecule has 0 aliphatic rings. The third-order valence-corrected chi connectivity index (χ3v) is 4.65. The van der Waals surface area contributed by atoms with Crippen LogP contribution in [-0.2, 0) is 4.79 Å². The predicted octanol–water partition coefficient (Wildman–Crippen LogP) is -1.68. The van der Waals surface area contributed by atoms with Gasteiger partial charge in [-0.05, 0) is 41.5 Å². The number of aliphatic hydroxyl groups excluding tert-OH is 2. The average Bonchev–Trinajstić information content (AvgIpc) is 2.26. The molecule has 0 aliphatic heterocycles. The Morgan fingerprint density at radius 1 is 0.850 bits per heavy atom. The van der Waals surface area contributed by atoms with Crippen molar-refractivity contribution in [3.63, 3.8) is 0 Å². The maximum Gasteiger partial charge on any atom is 0.161 e. The fourth-order valence-electron chi connectivity index (χ4n) is 2.05. The molecule has 0 aromatic heterocycles. The summed E-state index contributed by atoms with van der Waals surface area (Å²) >= 11 is 0. The maximum atomic E-state index is 11.2. The highest BCUT2D eigenvalue weighted by atomic mass is 16.4. The minimum atomic E-state index is -2.51. The summed E-state index contributed by atoms with van der Waals surface area (Å²) in [6, 6.07) is 0. The molecule has 2 unspecified atom stereocenters. The standard InChI is InChI=1S/C13H26O7/c1-7(14)9(16)11(4,18)13(6,20)12(5,19)10(3,17)8(2)15/h8-9,15-20H,1-6H3/t8?,9?,10-,11-,12-,13-/m1/s1. The first-order chi connectivity index (χ1) is 8.55. The zero-order valence-corrected chi connectivity index (χ0v) is 12.7.